The highest BCUT2D eigenvalue weighted by Gasteiger charge is 2.07. The van der Waals surface area contributed by atoms with Crippen molar-refractivity contribution in [3.05, 3.63) is 58.1 Å². The number of nitrogens with one attached hydrogen (secondary N) is 2. The monoisotopic (exact) mass is 380 g/mol. The summed E-state index contributed by atoms with van der Waals surface area (Å²) in [5, 5.41) is 7.42. The number of hydrogen-bond donors (Lipinski definition) is 2. The standard InChI is InChI=1S/C19H22Cl2N2O2/c1-2-25-18-6-4-3-5-17(18)23-19(24)10-12-22-11-9-14-7-8-15(20)13-16(14)21/h3-8,13,22H,2,9-12H2,1H3,(H,23,24). The molecule has 0 atom stereocenters. The topological polar surface area (TPSA) is 50.4 Å². The SMILES string of the molecule is CCOc1ccccc1NC(=O)CCNCCc1ccc(Cl)cc1Cl. The second-order valence-corrected chi connectivity index (χ2v) is 6.31. The van der Waals surface area contributed by atoms with Crippen molar-refractivity contribution >= 4 is 34.8 Å². The van der Waals surface area contributed by atoms with Gasteiger partial charge in [-0.3, -0.25) is 4.79 Å². The molecule has 2 N–H and O–H groups in total. The van der Waals surface area contributed by atoms with Gasteiger partial charge in [-0.1, -0.05) is 41.4 Å². The number of halogens is 2. The van der Waals surface area contributed by atoms with E-state index in [9.17, 15) is 4.79 Å². The fourth-order valence-electron chi connectivity index (χ4n) is 2.34. The number of carbonyl (C=O) groups is 1. The first-order chi connectivity index (χ1) is 12.1. The molecular weight excluding hydrogens is 359 g/mol. The molecule has 4 nitrogen and oxygen atoms in total. The molecule has 0 unspecified atom stereocenters. The third kappa shape index (κ3) is 6.58. The van der Waals surface area contributed by atoms with E-state index in [0.29, 0.717) is 41.1 Å². The van der Waals surface area contributed by atoms with Gasteiger partial charge in [-0.2, -0.15) is 0 Å². The molecule has 0 bridgehead atoms. The molecule has 0 saturated carbocycles. The zero-order valence-corrected chi connectivity index (χ0v) is 15.7. The molecule has 0 aliphatic rings. The molecule has 0 saturated heterocycles. The molecule has 134 valence electrons. The average Bonchev–Trinajstić information content (AvgIpc) is 2.58. The van der Waals surface area contributed by atoms with Crippen molar-refractivity contribution in [2.75, 3.05) is 25.0 Å². The van der Waals surface area contributed by atoms with Crippen LogP contribution in [0.2, 0.25) is 10.0 Å². The Hall–Kier alpha value is -1.75. The first kappa shape index (κ1) is 19.6. The van der Waals surface area contributed by atoms with Crippen LogP contribution in [0.3, 0.4) is 0 Å². The highest BCUT2D eigenvalue weighted by Crippen LogP contribution is 2.23. The van der Waals surface area contributed by atoms with Crippen molar-refractivity contribution in [1.82, 2.24) is 5.32 Å². The normalized spacial score (nSPS) is 10.5. The van der Waals surface area contributed by atoms with Gasteiger partial charge in [0, 0.05) is 23.0 Å². The Kier molecular flexibility index (Phi) is 8.06. The summed E-state index contributed by atoms with van der Waals surface area (Å²) in [4.78, 5) is 12.1. The molecule has 0 heterocycles. The molecule has 0 aliphatic carbocycles. The van der Waals surface area contributed by atoms with Crippen molar-refractivity contribution in [3.8, 4) is 5.75 Å². The number of hydrogen-bond acceptors (Lipinski definition) is 3. The van der Waals surface area contributed by atoms with Crippen molar-refractivity contribution in [2.45, 2.75) is 19.8 Å². The molecule has 2 rings (SSSR count). The van der Waals surface area contributed by atoms with E-state index in [2.05, 4.69) is 10.6 Å². The molecular formula is C19H22Cl2N2O2. The number of para-hydroxylation sites is 2. The summed E-state index contributed by atoms with van der Waals surface area (Å²) in [5.41, 5.74) is 1.73. The van der Waals surface area contributed by atoms with E-state index in [4.69, 9.17) is 27.9 Å². The maximum absolute atomic E-state index is 12.1. The van der Waals surface area contributed by atoms with E-state index < -0.39 is 0 Å². The highest BCUT2D eigenvalue weighted by molar-refractivity contribution is 6.35. The molecule has 0 fully saturated rings. The highest BCUT2D eigenvalue weighted by atomic mass is 35.5. The number of amides is 1. The predicted molar refractivity (Wildman–Crippen MR) is 104 cm³/mol. The maximum Gasteiger partial charge on any atom is 0.225 e. The van der Waals surface area contributed by atoms with Gasteiger partial charge in [0.15, 0.2) is 0 Å². The Labute approximate surface area is 158 Å². The van der Waals surface area contributed by atoms with Crippen LogP contribution in [0.15, 0.2) is 42.5 Å². The fourth-order valence-corrected chi connectivity index (χ4v) is 2.84. The van der Waals surface area contributed by atoms with Gasteiger partial charge in [0.25, 0.3) is 0 Å². The Morgan fingerprint density at radius 3 is 2.68 bits per heavy atom. The summed E-state index contributed by atoms with van der Waals surface area (Å²) < 4.78 is 5.50. The fraction of sp³-hybridized carbons (Fsp3) is 0.316. The van der Waals surface area contributed by atoms with Crippen molar-refractivity contribution < 1.29 is 9.53 Å². The summed E-state index contributed by atoms with van der Waals surface area (Å²) in [6.07, 6.45) is 1.17. The Morgan fingerprint density at radius 1 is 1.12 bits per heavy atom. The van der Waals surface area contributed by atoms with E-state index >= 15 is 0 Å². The number of rotatable bonds is 9. The van der Waals surface area contributed by atoms with Crippen LogP contribution in [0.4, 0.5) is 5.69 Å². The van der Waals surface area contributed by atoms with Gasteiger partial charge in [-0.15, -0.1) is 0 Å². The lowest BCUT2D eigenvalue weighted by Gasteiger charge is -2.11. The third-order valence-electron chi connectivity index (χ3n) is 3.58. The quantitative estimate of drug-likeness (QED) is 0.627. The predicted octanol–water partition coefficient (Wildman–Crippen LogP) is 4.55. The van der Waals surface area contributed by atoms with Gasteiger partial charge in [0.2, 0.25) is 5.91 Å². The lowest BCUT2D eigenvalue weighted by Crippen LogP contribution is -2.23. The lowest BCUT2D eigenvalue weighted by atomic mass is 10.1. The summed E-state index contributed by atoms with van der Waals surface area (Å²) in [5.74, 6) is 0.632. The van der Waals surface area contributed by atoms with E-state index in [1.807, 2.05) is 43.3 Å². The molecule has 0 aromatic heterocycles. The molecule has 6 heteroatoms. The van der Waals surface area contributed by atoms with Gasteiger partial charge < -0.3 is 15.4 Å². The summed E-state index contributed by atoms with van der Waals surface area (Å²) in [6.45, 7) is 3.80. The summed E-state index contributed by atoms with van der Waals surface area (Å²) in [6, 6.07) is 12.9. The summed E-state index contributed by atoms with van der Waals surface area (Å²) >= 11 is 12.0. The minimum Gasteiger partial charge on any atom is -0.492 e. The largest absolute Gasteiger partial charge is 0.492 e. The van der Waals surface area contributed by atoms with Crippen molar-refractivity contribution in [1.29, 1.82) is 0 Å². The maximum atomic E-state index is 12.1. The second-order valence-electron chi connectivity index (χ2n) is 5.46. The Bertz CT molecular complexity index is 708. The van der Waals surface area contributed by atoms with Gasteiger partial charge in [0.05, 0.1) is 12.3 Å². The van der Waals surface area contributed by atoms with E-state index in [0.717, 1.165) is 18.5 Å². The first-order valence-electron chi connectivity index (χ1n) is 8.26. The van der Waals surface area contributed by atoms with Crippen LogP contribution < -0.4 is 15.4 Å². The van der Waals surface area contributed by atoms with Crippen molar-refractivity contribution in [2.24, 2.45) is 0 Å². The number of ether oxygens (including phenoxy) is 1. The smallest absolute Gasteiger partial charge is 0.225 e. The molecule has 2 aromatic rings. The van der Waals surface area contributed by atoms with E-state index in [1.165, 1.54) is 0 Å². The van der Waals surface area contributed by atoms with Crippen molar-refractivity contribution in [3.63, 3.8) is 0 Å². The molecule has 0 spiro atoms. The van der Waals surface area contributed by atoms with Gasteiger partial charge in [0.1, 0.15) is 5.75 Å². The number of benzene rings is 2. The molecule has 0 aliphatic heterocycles. The van der Waals surface area contributed by atoms with E-state index in [-0.39, 0.29) is 5.91 Å². The molecule has 25 heavy (non-hydrogen) atoms. The third-order valence-corrected chi connectivity index (χ3v) is 4.16. The Morgan fingerprint density at radius 2 is 1.92 bits per heavy atom. The summed E-state index contributed by atoms with van der Waals surface area (Å²) in [7, 11) is 0. The zero-order valence-electron chi connectivity index (χ0n) is 14.1. The minimum atomic E-state index is -0.0517. The lowest BCUT2D eigenvalue weighted by molar-refractivity contribution is -0.116. The van der Waals surface area contributed by atoms with Crippen LogP contribution in [-0.4, -0.2) is 25.6 Å². The van der Waals surface area contributed by atoms with E-state index in [1.54, 1.807) is 6.07 Å². The van der Waals surface area contributed by atoms with Gasteiger partial charge >= 0.3 is 0 Å². The second kappa shape index (κ2) is 10.3. The number of anilines is 1. The molecule has 0 radical (unpaired) electrons. The van der Waals surface area contributed by atoms with Gasteiger partial charge in [-0.05, 0) is 49.7 Å². The molecule has 1 amide bonds. The van der Waals surface area contributed by atoms with Crippen LogP contribution in [0.25, 0.3) is 0 Å². The minimum absolute atomic E-state index is 0.0517. The first-order valence-corrected chi connectivity index (χ1v) is 9.02. The van der Waals surface area contributed by atoms with Crippen LogP contribution in [0, 0.1) is 0 Å². The average molecular weight is 381 g/mol. The van der Waals surface area contributed by atoms with Gasteiger partial charge in [-0.25, -0.2) is 0 Å². The van der Waals surface area contributed by atoms with Crippen LogP contribution in [0.5, 0.6) is 5.75 Å². The van der Waals surface area contributed by atoms with Crippen LogP contribution in [-0.2, 0) is 11.2 Å². The number of carbonyl (C=O) groups excluding carboxylic acids is 1. The molecule has 2 aromatic carbocycles. The van der Waals surface area contributed by atoms with Crippen LogP contribution in [0.1, 0.15) is 18.9 Å². The Balaban J connectivity index is 1.70. The zero-order chi connectivity index (χ0) is 18.1. The van der Waals surface area contributed by atoms with Crippen LogP contribution >= 0.6 is 23.2 Å².